The fourth-order valence-electron chi connectivity index (χ4n) is 2.55. The molecule has 1 N–H and O–H groups in total. The van der Waals surface area contributed by atoms with E-state index in [1.54, 1.807) is 6.07 Å². The minimum absolute atomic E-state index is 0.473. The average Bonchev–Trinajstić information content (AvgIpc) is 2.21. The Morgan fingerprint density at radius 1 is 1.47 bits per heavy atom. The van der Waals surface area contributed by atoms with Gasteiger partial charge in [0, 0.05) is 5.56 Å². The zero-order chi connectivity index (χ0) is 12.6. The average molecular weight is 255 g/mol. The highest BCUT2D eigenvalue weighted by molar-refractivity contribution is 6.32. The third kappa shape index (κ3) is 1.69. The van der Waals surface area contributed by atoms with Crippen molar-refractivity contribution in [2.75, 3.05) is 7.11 Å². The van der Waals surface area contributed by atoms with Crippen LogP contribution in [0.5, 0.6) is 5.75 Å². The molecular formula is C13H15ClO3. The molecule has 1 aromatic rings. The van der Waals surface area contributed by atoms with Gasteiger partial charge in [-0.2, -0.15) is 0 Å². The maximum atomic E-state index is 11.5. The van der Waals surface area contributed by atoms with Crippen molar-refractivity contribution in [2.24, 2.45) is 0 Å². The van der Waals surface area contributed by atoms with E-state index in [0.717, 1.165) is 17.5 Å². The Labute approximate surface area is 105 Å². The quantitative estimate of drug-likeness (QED) is 0.901. The standard InChI is InChI=1S/C13H15ClO3/c1-8-4-5-9(14)11(17-2)10(8)13(12(15)16)6-3-7-13/h4-5H,3,6-7H2,1-2H3,(H,15,16). The Morgan fingerprint density at radius 3 is 2.53 bits per heavy atom. The van der Waals surface area contributed by atoms with E-state index in [1.165, 1.54) is 7.11 Å². The molecule has 17 heavy (non-hydrogen) atoms. The molecule has 1 aliphatic carbocycles. The summed E-state index contributed by atoms with van der Waals surface area (Å²) in [6.07, 6.45) is 2.24. The number of hydrogen-bond donors (Lipinski definition) is 1. The number of halogens is 1. The normalized spacial score (nSPS) is 17.4. The molecule has 0 saturated heterocycles. The van der Waals surface area contributed by atoms with Crippen molar-refractivity contribution in [2.45, 2.75) is 31.6 Å². The molecule has 1 fully saturated rings. The molecule has 0 spiro atoms. The van der Waals surface area contributed by atoms with Crippen molar-refractivity contribution < 1.29 is 14.6 Å². The largest absolute Gasteiger partial charge is 0.495 e. The highest BCUT2D eigenvalue weighted by Crippen LogP contribution is 2.50. The molecule has 0 heterocycles. The number of carbonyl (C=O) groups is 1. The summed E-state index contributed by atoms with van der Waals surface area (Å²) in [6.45, 7) is 1.90. The summed E-state index contributed by atoms with van der Waals surface area (Å²) in [6, 6.07) is 3.59. The van der Waals surface area contributed by atoms with Crippen molar-refractivity contribution in [3.05, 3.63) is 28.3 Å². The number of aryl methyl sites for hydroxylation is 1. The third-order valence-electron chi connectivity index (χ3n) is 3.62. The van der Waals surface area contributed by atoms with Gasteiger partial charge in [-0.25, -0.2) is 0 Å². The lowest BCUT2D eigenvalue weighted by Crippen LogP contribution is -2.43. The van der Waals surface area contributed by atoms with Crippen molar-refractivity contribution in [1.29, 1.82) is 0 Å². The van der Waals surface area contributed by atoms with Crippen LogP contribution in [0.25, 0.3) is 0 Å². The summed E-state index contributed by atoms with van der Waals surface area (Å²) >= 11 is 6.08. The SMILES string of the molecule is COc1c(Cl)ccc(C)c1C1(C(=O)O)CCC1. The molecule has 92 valence electrons. The van der Waals surface area contributed by atoms with Gasteiger partial charge in [0.1, 0.15) is 5.75 Å². The lowest BCUT2D eigenvalue weighted by molar-refractivity contribution is -0.147. The van der Waals surface area contributed by atoms with Gasteiger partial charge in [-0.1, -0.05) is 24.1 Å². The molecule has 0 bridgehead atoms. The molecule has 1 saturated carbocycles. The van der Waals surface area contributed by atoms with Gasteiger partial charge in [-0.15, -0.1) is 0 Å². The van der Waals surface area contributed by atoms with E-state index in [1.807, 2.05) is 13.0 Å². The molecule has 0 aliphatic heterocycles. The van der Waals surface area contributed by atoms with Crippen LogP contribution in [0.4, 0.5) is 0 Å². The minimum atomic E-state index is -0.805. The van der Waals surface area contributed by atoms with Crippen LogP contribution < -0.4 is 4.74 Å². The van der Waals surface area contributed by atoms with Gasteiger partial charge in [0.15, 0.2) is 0 Å². The van der Waals surface area contributed by atoms with Gasteiger partial charge in [0.05, 0.1) is 17.5 Å². The predicted octanol–water partition coefficient (Wildman–Crippen LogP) is 3.16. The molecule has 0 unspecified atom stereocenters. The summed E-state index contributed by atoms with van der Waals surface area (Å²) < 4.78 is 5.29. The molecule has 3 nitrogen and oxygen atoms in total. The highest BCUT2D eigenvalue weighted by Gasteiger charge is 2.48. The van der Waals surface area contributed by atoms with E-state index < -0.39 is 11.4 Å². The van der Waals surface area contributed by atoms with Crippen LogP contribution >= 0.6 is 11.6 Å². The second kappa shape index (κ2) is 4.22. The number of methoxy groups -OCH3 is 1. The minimum Gasteiger partial charge on any atom is -0.495 e. The molecule has 0 radical (unpaired) electrons. The number of benzene rings is 1. The monoisotopic (exact) mass is 254 g/mol. The lowest BCUT2D eigenvalue weighted by atomic mass is 9.63. The van der Waals surface area contributed by atoms with Gasteiger partial charge >= 0.3 is 5.97 Å². The summed E-state index contributed by atoms with van der Waals surface area (Å²) in [4.78, 5) is 11.5. The van der Waals surface area contributed by atoms with E-state index in [4.69, 9.17) is 16.3 Å². The first-order valence-corrected chi connectivity index (χ1v) is 5.97. The van der Waals surface area contributed by atoms with Crippen LogP contribution in [0.2, 0.25) is 5.02 Å². The van der Waals surface area contributed by atoms with E-state index >= 15 is 0 Å². The van der Waals surface area contributed by atoms with Crippen molar-refractivity contribution in [1.82, 2.24) is 0 Å². The Hall–Kier alpha value is -1.22. The molecule has 0 aromatic heterocycles. The predicted molar refractivity (Wildman–Crippen MR) is 65.9 cm³/mol. The topological polar surface area (TPSA) is 46.5 Å². The Bertz CT molecular complexity index is 464. The first kappa shape index (κ1) is 12.2. The molecule has 0 atom stereocenters. The van der Waals surface area contributed by atoms with E-state index in [0.29, 0.717) is 23.6 Å². The number of carboxylic acid groups (broad SMARTS) is 1. The summed E-state index contributed by atoms with van der Waals surface area (Å²) in [7, 11) is 1.53. The molecule has 1 aromatic carbocycles. The van der Waals surface area contributed by atoms with Crippen LogP contribution in [0.1, 0.15) is 30.4 Å². The summed E-state index contributed by atoms with van der Waals surface area (Å²) in [5.41, 5.74) is 0.861. The maximum absolute atomic E-state index is 11.5. The van der Waals surface area contributed by atoms with Gasteiger partial charge in [-0.05, 0) is 31.4 Å². The van der Waals surface area contributed by atoms with Crippen LogP contribution in [0.3, 0.4) is 0 Å². The Balaban J connectivity index is 2.65. The van der Waals surface area contributed by atoms with E-state index in [9.17, 15) is 9.90 Å². The molecule has 4 heteroatoms. The number of rotatable bonds is 3. The van der Waals surface area contributed by atoms with Crippen LogP contribution in [-0.4, -0.2) is 18.2 Å². The maximum Gasteiger partial charge on any atom is 0.314 e. The smallest absolute Gasteiger partial charge is 0.314 e. The number of ether oxygens (including phenoxy) is 1. The fourth-order valence-corrected chi connectivity index (χ4v) is 2.79. The molecule has 1 aliphatic rings. The molecular weight excluding hydrogens is 240 g/mol. The molecule has 0 amide bonds. The van der Waals surface area contributed by atoms with E-state index in [-0.39, 0.29) is 0 Å². The van der Waals surface area contributed by atoms with Gasteiger partial charge in [0.2, 0.25) is 0 Å². The van der Waals surface area contributed by atoms with Crippen LogP contribution in [-0.2, 0) is 10.2 Å². The van der Waals surface area contributed by atoms with Gasteiger partial charge < -0.3 is 9.84 Å². The second-order valence-corrected chi connectivity index (χ2v) is 4.92. The zero-order valence-electron chi connectivity index (χ0n) is 9.92. The first-order valence-electron chi connectivity index (χ1n) is 5.60. The zero-order valence-corrected chi connectivity index (χ0v) is 10.7. The van der Waals surface area contributed by atoms with Crippen molar-refractivity contribution in [3.8, 4) is 5.75 Å². The first-order chi connectivity index (χ1) is 8.03. The highest BCUT2D eigenvalue weighted by atomic mass is 35.5. The van der Waals surface area contributed by atoms with Gasteiger partial charge in [-0.3, -0.25) is 4.79 Å². The Morgan fingerprint density at radius 2 is 2.12 bits per heavy atom. The lowest BCUT2D eigenvalue weighted by Gasteiger charge is -2.40. The van der Waals surface area contributed by atoms with Crippen molar-refractivity contribution in [3.63, 3.8) is 0 Å². The van der Waals surface area contributed by atoms with E-state index in [2.05, 4.69) is 0 Å². The number of carboxylic acids is 1. The van der Waals surface area contributed by atoms with Crippen molar-refractivity contribution >= 4 is 17.6 Å². The number of aliphatic carboxylic acids is 1. The van der Waals surface area contributed by atoms with Crippen LogP contribution in [0, 0.1) is 6.92 Å². The summed E-state index contributed by atoms with van der Waals surface area (Å²) in [5, 5.41) is 9.95. The fraction of sp³-hybridized carbons (Fsp3) is 0.462. The number of hydrogen-bond acceptors (Lipinski definition) is 2. The molecule has 2 rings (SSSR count). The summed E-state index contributed by atoms with van der Waals surface area (Å²) in [5.74, 6) is -0.277. The van der Waals surface area contributed by atoms with Gasteiger partial charge in [0.25, 0.3) is 0 Å². The van der Waals surface area contributed by atoms with Crippen LogP contribution in [0.15, 0.2) is 12.1 Å². The third-order valence-corrected chi connectivity index (χ3v) is 3.91. The second-order valence-electron chi connectivity index (χ2n) is 4.51. The Kier molecular flexibility index (Phi) is 3.04.